The normalized spacial score (nSPS) is 11.1. The molecule has 0 N–H and O–H groups in total. The van der Waals surface area contributed by atoms with Crippen molar-refractivity contribution >= 4 is 27.7 Å². The van der Waals surface area contributed by atoms with Gasteiger partial charge in [0.05, 0.1) is 5.56 Å². The van der Waals surface area contributed by atoms with Gasteiger partial charge in [-0.05, 0) is 22.0 Å². The highest BCUT2D eigenvalue weighted by Crippen LogP contribution is 2.33. The predicted octanol–water partition coefficient (Wildman–Crippen LogP) is 3.61. The minimum absolute atomic E-state index is 0.0758. The second-order valence-corrected chi connectivity index (χ2v) is 6.56. The van der Waals surface area contributed by atoms with E-state index in [0.29, 0.717) is 5.56 Å². The maximum atomic E-state index is 8.92. The zero-order valence-corrected chi connectivity index (χ0v) is 10.7. The lowest BCUT2D eigenvalue weighted by Crippen LogP contribution is -2.08. The van der Waals surface area contributed by atoms with Crippen molar-refractivity contribution in [3.05, 3.63) is 22.3 Å². The molecule has 74 valence electrons. The summed E-state index contributed by atoms with van der Waals surface area (Å²) in [7, 11) is 0. The molecule has 0 aliphatic rings. The molecule has 0 fully saturated rings. The molecule has 1 heterocycles. The summed E-state index contributed by atoms with van der Waals surface area (Å²) >= 11 is 4.90. The third kappa shape index (κ3) is 3.32. The van der Waals surface area contributed by atoms with Gasteiger partial charge in [0, 0.05) is 15.4 Å². The van der Waals surface area contributed by atoms with E-state index in [1.165, 1.54) is 0 Å². The van der Waals surface area contributed by atoms with E-state index >= 15 is 0 Å². The van der Waals surface area contributed by atoms with Gasteiger partial charge in [-0.3, -0.25) is 0 Å². The van der Waals surface area contributed by atoms with Crippen LogP contribution >= 0.6 is 27.7 Å². The smallest absolute Gasteiger partial charge is 0.114 e. The highest BCUT2D eigenvalue weighted by molar-refractivity contribution is 9.10. The number of nitriles is 1. The fourth-order valence-electron chi connectivity index (χ4n) is 0.878. The summed E-state index contributed by atoms with van der Waals surface area (Å²) in [6.07, 6.45) is 1.72. The lowest BCUT2D eigenvalue weighted by molar-refractivity contribution is 0.798. The standard InChI is InChI=1S/C10H11BrN2S/c1-10(2,3)14-9-7(5-12)4-8(11)6-13-9/h4,6H,1-3H3. The first-order chi connectivity index (χ1) is 6.42. The molecule has 0 saturated heterocycles. The van der Waals surface area contributed by atoms with Crippen LogP contribution in [0.4, 0.5) is 0 Å². The van der Waals surface area contributed by atoms with E-state index in [9.17, 15) is 0 Å². The fraction of sp³-hybridized carbons (Fsp3) is 0.400. The van der Waals surface area contributed by atoms with Gasteiger partial charge in [0.25, 0.3) is 0 Å². The minimum Gasteiger partial charge on any atom is -0.247 e. The molecule has 0 aliphatic heterocycles. The van der Waals surface area contributed by atoms with Crippen LogP contribution in [0, 0.1) is 11.3 Å². The van der Waals surface area contributed by atoms with Crippen LogP contribution in [0.5, 0.6) is 0 Å². The van der Waals surface area contributed by atoms with Crippen molar-refractivity contribution in [1.29, 1.82) is 5.26 Å². The maximum Gasteiger partial charge on any atom is 0.114 e. The molecule has 0 aromatic carbocycles. The van der Waals surface area contributed by atoms with Gasteiger partial charge in [-0.15, -0.1) is 0 Å². The topological polar surface area (TPSA) is 36.7 Å². The molecule has 1 rings (SSSR count). The molecule has 0 atom stereocenters. The summed E-state index contributed by atoms with van der Waals surface area (Å²) in [5, 5.41) is 9.71. The summed E-state index contributed by atoms with van der Waals surface area (Å²) in [5.74, 6) is 0. The van der Waals surface area contributed by atoms with Crippen molar-refractivity contribution in [1.82, 2.24) is 4.98 Å². The average Bonchev–Trinajstić information content (AvgIpc) is 2.06. The Bertz CT molecular complexity index is 377. The number of nitrogens with zero attached hydrogens (tertiary/aromatic N) is 2. The molecule has 1 aromatic heterocycles. The molecule has 0 aliphatic carbocycles. The first-order valence-corrected chi connectivity index (χ1v) is 5.78. The highest BCUT2D eigenvalue weighted by Gasteiger charge is 2.16. The predicted molar refractivity (Wildman–Crippen MR) is 62.3 cm³/mol. The van der Waals surface area contributed by atoms with E-state index in [4.69, 9.17) is 5.26 Å². The third-order valence-corrected chi connectivity index (χ3v) is 2.91. The Labute approximate surface area is 96.9 Å². The van der Waals surface area contributed by atoms with Gasteiger partial charge in [-0.25, -0.2) is 4.98 Å². The second-order valence-electron chi connectivity index (χ2n) is 3.83. The van der Waals surface area contributed by atoms with Crippen molar-refractivity contribution in [3.8, 4) is 6.07 Å². The SMILES string of the molecule is CC(C)(C)Sc1ncc(Br)cc1C#N. The van der Waals surface area contributed by atoms with Gasteiger partial charge in [-0.1, -0.05) is 32.5 Å². The van der Waals surface area contributed by atoms with Crippen molar-refractivity contribution < 1.29 is 0 Å². The van der Waals surface area contributed by atoms with E-state index in [2.05, 4.69) is 47.8 Å². The van der Waals surface area contributed by atoms with Gasteiger partial charge >= 0.3 is 0 Å². The Morgan fingerprint density at radius 1 is 1.50 bits per heavy atom. The van der Waals surface area contributed by atoms with E-state index in [0.717, 1.165) is 9.50 Å². The van der Waals surface area contributed by atoms with E-state index in [1.54, 1.807) is 24.0 Å². The first-order valence-electron chi connectivity index (χ1n) is 4.17. The van der Waals surface area contributed by atoms with Crippen LogP contribution < -0.4 is 0 Å². The summed E-state index contributed by atoms with van der Waals surface area (Å²) < 4.78 is 0.916. The Hall–Kier alpha value is -0.530. The third-order valence-electron chi connectivity index (χ3n) is 1.34. The van der Waals surface area contributed by atoms with Gasteiger partial charge < -0.3 is 0 Å². The van der Waals surface area contributed by atoms with Crippen LogP contribution in [0.1, 0.15) is 26.3 Å². The number of halogens is 1. The molecule has 0 amide bonds. The quantitative estimate of drug-likeness (QED) is 0.732. The number of pyridine rings is 1. The van der Waals surface area contributed by atoms with E-state index in [1.807, 2.05) is 0 Å². The van der Waals surface area contributed by atoms with E-state index < -0.39 is 0 Å². The second kappa shape index (κ2) is 4.33. The van der Waals surface area contributed by atoms with Crippen molar-refractivity contribution in [2.24, 2.45) is 0 Å². The van der Waals surface area contributed by atoms with Crippen LogP contribution in [0.3, 0.4) is 0 Å². The molecule has 2 nitrogen and oxygen atoms in total. The molecule has 0 radical (unpaired) electrons. The van der Waals surface area contributed by atoms with Gasteiger partial charge in [-0.2, -0.15) is 5.26 Å². The summed E-state index contributed by atoms with van der Waals surface area (Å²) in [6, 6.07) is 3.94. The van der Waals surface area contributed by atoms with Crippen LogP contribution in [0.25, 0.3) is 0 Å². The van der Waals surface area contributed by atoms with Gasteiger partial charge in [0.2, 0.25) is 0 Å². The monoisotopic (exact) mass is 270 g/mol. The molecular weight excluding hydrogens is 260 g/mol. The summed E-state index contributed by atoms with van der Waals surface area (Å²) in [4.78, 5) is 4.23. The van der Waals surface area contributed by atoms with Crippen LogP contribution in [-0.4, -0.2) is 9.73 Å². The molecule has 4 heteroatoms. The van der Waals surface area contributed by atoms with Crippen LogP contribution in [0.15, 0.2) is 21.8 Å². The fourth-order valence-corrected chi connectivity index (χ4v) is 2.11. The number of aromatic nitrogens is 1. The molecule has 0 saturated carbocycles. The molecule has 0 spiro atoms. The average molecular weight is 271 g/mol. The zero-order chi connectivity index (χ0) is 10.8. The number of rotatable bonds is 1. The first kappa shape index (κ1) is 11.5. The minimum atomic E-state index is 0.0758. The highest BCUT2D eigenvalue weighted by atomic mass is 79.9. The Morgan fingerprint density at radius 2 is 2.14 bits per heavy atom. The van der Waals surface area contributed by atoms with Crippen LogP contribution in [0.2, 0.25) is 0 Å². The molecule has 1 aromatic rings. The molecule has 14 heavy (non-hydrogen) atoms. The lowest BCUT2D eigenvalue weighted by Gasteiger charge is -2.17. The maximum absolute atomic E-state index is 8.92. The van der Waals surface area contributed by atoms with Crippen LogP contribution in [-0.2, 0) is 0 Å². The van der Waals surface area contributed by atoms with E-state index in [-0.39, 0.29) is 4.75 Å². The number of hydrogen-bond donors (Lipinski definition) is 0. The summed E-state index contributed by atoms with van der Waals surface area (Å²) in [5.41, 5.74) is 0.624. The van der Waals surface area contributed by atoms with Crippen molar-refractivity contribution in [2.45, 2.75) is 30.5 Å². The molecular formula is C10H11BrN2S. The number of thioether (sulfide) groups is 1. The van der Waals surface area contributed by atoms with Gasteiger partial charge in [0.15, 0.2) is 0 Å². The Balaban J connectivity index is 3.05. The zero-order valence-electron chi connectivity index (χ0n) is 8.34. The van der Waals surface area contributed by atoms with Crippen molar-refractivity contribution in [2.75, 3.05) is 0 Å². The molecule has 0 unspecified atom stereocenters. The Kier molecular flexibility index (Phi) is 3.57. The number of hydrogen-bond acceptors (Lipinski definition) is 3. The Morgan fingerprint density at radius 3 is 2.64 bits per heavy atom. The van der Waals surface area contributed by atoms with Crippen molar-refractivity contribution in [3.63, 3.8) is 0 Å². The lowest BCUT2D eigenvalue weighted by atomic mass is 10.3. The van der Waals surface area contributed by atoms with Gasteiger partial charge in [0.1, 0.15) is 11.1 Å². The largest absolute Gasteiger partial charge is 0.247 e. The summed E-state index contributed by atoms with van der Waals surface area (Å²) in [6.45, 7) is 6.30. The molecule has 0 bridgehead atoms.